The van der Waals surface area contributed by atoms with Crippen LogP contribution in [0.1, 0.15) is 25.0 Å². The smallest absolute Gasteiger partial charge is 0.203 e. The van der Waals surface area contributed by atoms with Crippen LogP contribution in [-0.2, 0) is 6.42 Å². The van der Waals surface area contributed by atoms with Gasteiger partial charge in [-0.2, -0.15) is 0 Å². The fraction of sp³-hybridized carbons (Fsp3) is 0.350. The molecular weight excluding hydrogens is 288 g/mol. The van der Waals surface area contributed by atoms with Crippen molar-refractivity contribution in [2.75, 3.05) is 21.3 Å². The zero-order valence-corrected chi connectivity index (χ0v) is 14.6. The van der Waals surface area contributed by atoms with Crippen LogP contribution >= 0.6 is 0 Å². The summed E-state index contributed by atoms with van der Waals surface area (Å²) in [6.45, 7) is 4.40. The average Bonchev–Trinajstić information content (AvgIpc) is 2.60. The molecule has 1 radical (unpaired) electrons. The van der Waals surface area contributed by atoms with E-state index in [2.05, 4.69) is 38.1 Å². The van der Waals surface area contributed by atoms with Gasteiger partial charge in [-0.1, -0.05) is 44.2 Å². The van der Waals surface area contributed by atoms with E-state index in [1.54, 1.807) is 21.3 Å². The van der Waals surface area contributed by atoms with Gasteiger partial charge in [-0.3, -0.25) is 0 Å². The van der Waals surface area contributed by atoms with E-state index in [1.165, 1.54) is 11.5 Å². The van der Waals surface area contributed by atoms with E-state index in [4.69, 9.17) is 14.2 Å². The van der Waals surface area contributed by atoms with Crippen LogP contribution in [0.2, 0.25) is 0 Å². The fourth-order valence-electron chi connectivity index (χ4n) is 2.71. The van der Waals surface area contributed by atoms with Crippen LogP contribution in [0.4, 0.5) is 0 Å². The van der Waals surface area contributed by atoms with E-state index < -0.39 is 0 Å². The second-order valence-corrected chi connectivity index (χ2v) is 5.69. The van der Waals surface area contributed by atoms with Gasteiger partial charge in [0.05, 0.1) is 21.3 Å². The predicted molar refractivity (Wildman–Crippen MR) is 93.4 cm³/mol. The molecule has 0 aliphatic carbocycles. The van der Waals surface area contributed by atoms with Gasteiger partial charge in [0.2, 0.25) is 5.75 Å². The van der Waals surface area contributed by atoms with Crippen molar-refractivity contribution >= 4 is 0 Å². The van der Waals surface area contributed by atoms with Crippen molar-refractivity contribution < 1.29 is 14.2 Å². The minimum Gasteiger partial charge on any atom is -0.493 e. The Hall–Kier alpha value is -2.16. The number of hydrogen-bond donors (Lipinski definition) is 0. The van der Waals surface area contributed by atoms with E-state index in [1.807, 2.05) is 18.2 Å². The monoisotopic (exact) mass is 313 g/mol. The van der Waals surface area contributed by atoms with E-state index >= 15 is 0 Å². The van der Waals surface area contributed by atoms with Crippen molar-refractivity contribution in [2.45, 2.75) is 20.3 Å². The maximum atomic E-state index is 5.45. The zero-order valence-electron chi connectivity index (χ0n) is 14.6. The van der Waals surface area contributed by atoms with Gasteiger partial charge in [-0.25, -0.2) is 0 Å². The minimum absolute atomic E-state index is 0.417. The quantitative estimate of drug-likeness (QED) is 0.751. The van der Waals surface area contributed by atoms with E-state index in [-0.39, 0.29) is 0 Å². The summed E-state index contributed by atoms with van der Waals surface area (Å²) >= 11 is 0. The Morgan fingerprint density at radius 2 is 1.48 bits per heavy atom. The Labute approximate surface area is 139 Å². The molecule has 0 spiro atoms. The number of benzene rings is 2. The zero-order chi connectivity index (χ0) is 16.8. The SMILES string of the molecule is COc1cc([C](C)C(C)Cc2ccccc2)cc(OC)c1OC. The molecule has 0 aliphatic rings. The Morgan fingerprint density at radius 1 is 0.913 bits per heavy atom. The maximum Gasteiger partial charge on any atom is 0.203 e. The average molecular weight is 313 g/mol. The van der Waals surface area contributed by atoms with Gasteiger partial charge in [0.15, 0.2) is 11.5 Å². The third-order valence-corrected chi connectivity index (χ3v) is 4.24. The first-order valence-corrected chi connectivity index (χ1v) is 7.78. The summed E-state index contributed by atoms with van der Waals surface area (Å²) in [6, 6.07) is 14.6. The van der Waals surface area contributed by atoms with E-state index in [0.29, 0.717) is 23.2 Å². The van der Waals surface area contributed by atoms with Gasteiger partial charge in [-0.05, 0) is 35.6 Å². The van der Waals surface area contributed by atoms with Crippen LogP contribution in [0, 0.1) is 11.8 Å². The summed E-state index contributed by atoms with van der Waals surface area (Å²) in [5.41, 5.74) is 2.45. The van der Waals surface area contributed by atoms with Crippen molar-refractivity contribution in [3.63, 3.8) is 0 Å². The van der Waals surface area contributed by atoms with E-state index in [9.17, 15) is 0 Å². The molecule has 0 bridgehead atoms. The van der Waals surface area contributed by atoms with Gasteiger partial charge >= 0.3 is 0 Å². The van der Waals surface area contributed by atoms with Crippen LogP contribution in [0.25, 0.3) is 0 Å². The van der Waals surface area contributed by atoms with Crippen LogP contribution in [-0.4, -0.2) is 21.3 Å². The Balaban J connectivity index is 2.26. The highest BCUT2D eigenvalue weighted by Crippen LogP contribution is 2.41. The Bertz CT molecular complexity index is 597. The number of hydrogen-bond acceptors (Lipinski definition) is 3. The second kappa shape index (κ2) is 7.91. The molecule has 2 aromatic carbocycles. The highest BCUT2D eigenvalue weighted by Gasteiger charge is 2.20. The normalized spacial score (nSPS) is 12.1. The number of rotatable bonds is 7. The van der Waals surface area contributed by atoms with Crippen molar-refractivity contribution in [3.05, 3.63) is 59.5 Å². The first-order valence-electron chi connectivity index (χ1n) is 7.78. The number of ether oxygens (including phenoxy) is 3. The standard InChI is InChI=1S/C20H25O3/c1-14(11-16-9-7-6-8-10-16)15(2)17-12-18(21-3)20(23-5)19(13-17)22-4/h6-10,12-14H,11H2,1-5H3. The fourth-order valence-corrected chi connectivity index (χ4v) is 2.71. The third kappa shape index (κ3) is 3.98. The lowest BCUT2D eigenvalue weighted by Gasteiger charge is -2.22. The summed E-state index contributed by atoms with van der Waals surface area (Å²) in [7, 11) is 4.91. The van der Waals surface area contributed by atoms with Gasteiger partial charge in [-0.15, -0.1) is 0 Å². The van der Waals surface area contributed by atoms with Gasteiger partial charge in [0.1, 0.15) is 0 Å². The van der Waals surface area contributed by atoms with Gasteiger partial charge in [0.25, 0.3) is 0 Å². The largest absolute Gasteiger partial charge is 0.493 e. The molecule has 0 N–H and O–H groups in total. The lowest BCUT2D eigenvalue weighted by molar-refractivity contribution is 0.323. The lowest BCUT2D eigenvalue weighted by atomic mass is 9.84. The maximum absolute atomic E-state index is 5.45. The van der Waals surface area contributed by atoms with Crippen molar-refractivity contribution in [1.82, 2.24) is 0 Å². The van der Waals surface area contributed by atoms with E-state index in [0.717, 1.165) is 12.0 Å². The van der Waals surface area contributed by atoms with Crippen molar-refractivity contribution in [2.24, 2.45) is 5.92 Å². The lowest BCUT2D eigenvalue weighted by Crippen LogP contribution is -2.11. The molecule has 0 saturated heterocycles. The summed E-state index contributed by atoms with van der Waals surface area (Å²) in [5.74, 6) is 3.72. The summed E-state index contributed by atoms with van der Waals surface area (Å²) in [4.78, 5) is 0. The molecule has 0 saturated carbocycles. The summed E-state index contributed by atoms with van der Waals surface area (Å²) < 4.78 is 16.3. The van der Waals surface area contributed by atoms with Crippen LogP contribution in [0.3, 0.4) is 0 Å². The van der Waals surface area contributed by atoms with Crippen LogP contribution < -0.4 is 14.2 Å². The molecule has 1 unspecified atom stereocenters. The topological polar surface area (TPSA) is 27.7 Å². The molecule has 3 heteroatoms. The molecule has 2 rings (SSSR count). The molecule has 1 atom stereocenters. The van der Waals surface area contributed by atoms with Crippen molar-refractivity contribution in [3.8, 4) is 17.2 Å². The van der Waals surface area contributed by atoms with Crippen LogP contribution in [0.15, 0.2) is 42.5 Å². The third-order valence-electron chi connectivity index (χ3n) is 4.24. The first kappa shape index (κ1) is 17.2. The Kier molecular flexibility index (Phi) is 5.91. The molecule has 23 heavy (non-hydrogen) atoms. The second-order valence-electron chi connectivity index (χ2n) is 5.69. The molecule has 0 fully saturated rings. The predicted octanol–water partition coefficient (Wildman–Crippen LogP) is 4.53. The molecule has 3 nitrogen and oxygen atoms in total. The summed E-state index contributed by atoms with van der Waals surface area (Å²) in [6.07, 6.45) is 1.00. The van der Waals surface area contributed by atoms with Crippen molar-refractivity contribution in [1.29, 1.82) is 0 Å². The van der Waals surface area contributed by atoms with Gasteiger partial charge in [0, 0.05) is 5.92 Å². The highest BCUT2D eigenvalue weighted by molar-refractivity contribution is 5.56. The molecule has 0 amide bonds. The molecule has 2 aromatic rings. The molecule has 123 valence electrons. The van der Waals surface area contributed by atoms with Gasteiger partial charge < -0.3 is 14.2 Å². The first-order chi connectivity index (χ1) is 11.1. The summed E-state index contributed by atoms with van der Waals surface area (Å²) in [5, 5.41) is 0. The van der Waals surface area contributed by atoms with Crippen LogP contribution in [0.5, 0.6) is 17.2 Å². The molecule has 0 aromatic heterocycles. The Morgan fingerprint density at radius 3 is 1.96 bits per heavy atom. The highest BCUT2D eigenvalue weighted by atomic mass is 16.5. The number of methoxy groups -OCH3 is 3. The molecule has 0 aliphatic heterocycles. The molecular formula is C20H25O3. The minimum atomic E-state index is 0.417. The molecule has 0 heterocycles.